The number of sulfonamides is 1. The van der Waals surface area contributed by atoms with Crippen molar-refractivity contribution in [2.75, 3.05) is 29.0 Å². The van der Waals surface area contributed by atoms with Gasteiger partial charge in [0.05, 0.1) is 17.5 Å². The number of nitrogens with zero attached hydrogens (tertiary/aromatic N) is 1. The van der Waals surface area contributed by atoms with Crippen LogP contribution in [0.3, 0.4) is 0 Å². The van der Waals surface area contributed by atoms with E-state index in [0.29, 0.717) is 24.3 Å². The second-order valence-electron chi connectivity index (χ2n) is 6.42. The van der Waals surface area contributed by atoms with E-state index in [0.717, 1.165) is 17.4 Å². The zero-order chi connectivity index (χ0) is 19.6. The van der Waals surface area contributed by atoms with Gasteiger partial charge in [0.1, 0.15) is 0 Å². The molecule has 0 aromatic heterocycles. The minimum absolute atomic E-state index is 0.285. The Balaban J connectivity index is 1.61. The van der Waals surface area contributed by atoms with Gasteiger partial charge >= 0.3 is 5.97 Å². The number of aryl methyl sites for hydroxylation is 1. The molecule has 0 fully saturated rings. The first-order valence-electron chi connectivity index (χ1n) is 8.38. The fourth-order valence-electron chi connectivity index (χ4n) is 2.98. The van der Waals surface area contributed by atoms with Crippen LogP contribution in [0, 0.1) is 6.92 Å². The van der Waals surface area contributed by atoms with Gasteiger partial charge in [-0.25, -0.2) is 13.2 Å². The molecular weight excluding hydrogens is 368 g/mol. The van der Waals surface area contributed by atoms with Gasteiger partial charge in [0.2, 0.25) is 10.0 Å². The Kier molecular flexibility index (Phi) is 5.18. The number of rotatable bonds is 5. The molecule has 1 aliphatic rings. The molecule has 0 saturated heterocycles. The van der Waals surface area contributed by atoms with E-state index in [1.807, 2.05) is 25.1 Å². The summed E-state index contributed by atoms with van der Waals surface area (Å²) in [4.78, 5) is 24.1. The number of hydrogen-bond acceptors (Lipinski definition) is 5. The number of nitrogens with one attached hydrogen (secondary N) is 1. The topological polar surface area (TPSA) is 92.8 Å². The van der Waals surface area contributed by atoms with Crippen LogP contribution >= 0.6 is 0 Å². The van der Waals surface area contributed by atoms with E-state index in [1.165, 1.54) is 10.4 Å². The molecule has 142 valence electrons. The summed E-state index contributed by atoms with van der Waals surface area (Å²) in [6.07, 6.45) is 1.68. The number of anilines is 2. The van der Waals surface area contributed by atoms with Crippen LogP contribution in [0.15, 0.2) is 42.5 Å². The molecule has 8 heteroatoms. The van der Waals surface area contributed by atoms with Crippen LogP contribution in [-0.4, -0.2) is 39.7 Å². The fraction of sp³-hybridized carbons (Fsp3) is 0.263. The molecule has 27 heavy (non-hydrogen) atoms. The minimum Gasteiger partial charge on any atom is -0.452 e. The average molecular weight is 388 g/mol. The van der Waals surface area contributed by atoms with Crippen molar-refractivity contribution in [2.24, 2.45) is 0 Å². The van der Waals surface area contributed by atoms with Gasteiger partial charge in [-0.1, -0.05) is 12.1 Å². The van der Waals surface area contributed by atoms with Gasteiger partial charge in [-0.3, -0.25) is 9.10 Å². The monoisotopic (exact) mass is 388 g/mol. The number of fused-ring (bicyclic) bond motifs is 1. The third kappa shape index (κ3) is 4.46. The van der Waals surface area contributed by atoms with Crippen LogP contribution in [0.4, 0.5) is 11.4 Å². The number of ether oxygens (including phenoxy) is 1. The fourth-order valence-corrected chi connectivity index (χ4v) is 3.94. The predicted molar refractivity (Wildman–Crippen MR) is 102 cm³/mol. The van der Waals surface area contributed by atoms with Gasteiger partial charge < -0.3 is 10.1 Å². The number of esters is 1. The maximum atomic E-state index is 12.2. The first kappa shape index (κ1) is 18.9. The Labute approximate surface area is 158 Å². The van der Waals surface area contributed by atoms with Crippen molar-refractivity contribution >= 4 is 33.3 Å². The second kappa shape index (κ2) is 7.40. The number of hydrogen-bond donors (Lipinski definition) is 1. The first-order valence-corrected chi connectivity index (χ1v) is 10.2. The van der Waals surface area contributed by atoms with Crippen molar-refractivity contribution < 1.29 is 22.7 Å². The van der Waals surface area contributed by atoms with Gasteiger partial charge in [-0.2, -0.15) is 0 Å². The second-order valence-corrected chi connectivity index (χ2v) is 8.33. The SMILES string of the molecule is Cc1cccc(NC(=O)COC(=O)c2ccc3c(c2)CCN3S(C)(=O)=O)c1. The highest BCUT2D eigenvalue weighted by atomic mass is 32.2. The molecule has 0 saturated carbocycles. The van der Waals surface area contributed by atoms with Crippen molar-refractivity contribution in [2.45, 2.75) is 13.3 Å². The highest BCUT2D eigenvalue weighted by Crippen LogP contribution is 2.30. The molecule has 0 bridgehead atoms. The van der Waals surface area contributed by atoms with Crippen molar-refractivity contribution in [1.82, 2.24) is 0 Å². The lowest BCUT2D eigenvalue weighted by Gasteiger charge is -2.16. The van der Waals surface area contributed by atoms with Gasteiger partial charge in [0.25, 0.3) is 5.91 Å². The van der Waals surface area contributed by atoms with Crippen LogP contribution < -0.4 is 9.62 Å². The predicted octanol–water partition coefficient (Wildman–Crippen LogP) is 2.11. The van der Waals surface area contributed by atoms with E-state index < -0.39 is 28.5 Å². The number of carbonyl (C=O) groups excluding carboxylic acids is 2. The third-order valence-electron chi connectivity index (χ3n) is 4.20. The highest BCUT2D eigenvalue weighted by molar-refractivity contribution is 7.92. The lowest BCUT2D eigenvalue weighted by molar-refractivity contribution is -0.119. The Morgan fingerprint density at radius 2 is 1.96 bits per heavy atom. The zero-order valence-electron chi connectivity index (χ0n) is 15.1. The van der Waals surface area contributed by atoms with Gasteiger partial charge in [0, 0.05) is 12.2 Å². The number of benzene rings is 2. The number of amides is 1. The Hall–Kier alpha value is -2.87. The summed E-state index contributed by atoms with van der Waals surface area (Å²) in [7, 11) is -3.34. The summed E-state index contributed by atoms with van der Waals surface area (Å²) < 4.78 is 29.9. The summed E-state index contributed by atoms with van der Waals surface area (Å²) in [5.74, 6) is -1.06. The molecule has 0 aliphatic carbocycles. The van der Waals surface area contributed by atoms with Crippen LogP contribution in [0.5, 0.6) is 0 Å². The smallest absolute Gasteiger partial charge is 0.338 e. The van der Waals surface area contributed by atoms with Gasteiger partial charge in [-0.15, -0.1) is 0 Å². The first-order chi connectivity index (χ1) is 12.7. The maximum absolute atomic E-state index is 12.2. The minimum atomic E-state index is -3.34. The van der Waals surface area contributed by atoms with E-state index in [-0.39, 0.29) is 5.56 Å². The quantitative estimate of drug-likeness (QED) is 0.792. The maximum Gasteiger partial charge on any atom is 0.338 e. The summed E-state index contributed by atoms with van der Waals surface area (Å²) in [5, 5.41) is 2.66. The molecule has 2 aromatic rings. The Morgan fingerprint density at radius 1 is 1.19 bits per heavy atom. The van der Waals surface area contributed by atoms with Crippen LogP contribution in [0.2, 0.25) is 0 Å². The molecule has 2 aromatic carbocycles. The zero-order valence-corrected chi connectivity index (χ0v) is 15.9. The standard InChI is InChI=1S/C19H20N2O5S/c1-13-4-3-5-16(10-13)20-18(22)12-26-19(23)15-6-7-17-14(11-15)8-9-21(17)27(2,24)25/h3-7,10-11H,8-9,12H2,1-2H3,(H,20,22). The molecule has 7 nitrogen and oxygen atoms in total. The van der Waals surface area contributed by atoms with Crippen molar-refractivity contribution in [3.8, 4) is 0 Å². The molecular formula is C19H20N2O5S. The van der Waals surface area contributed by atoms with E-state index in [1.54, 1.807) is 18.2 Å². The lowest BCUT2D eigenvalue weighted by Crippen LogP contribution is -2.27. The summed E-state index contributed by atoms with van der Waals surface area (Å²) in [5.41, 5.74) is 3.26. The van der Waals surface area contributed by atoms with Crippen LogP contribution in [-0.2, 0) is 26.0 Å². The van der Waals surface area contributed by atoms with Crippen LogP contribution in [0.25, 0.3) is 0 Å². The molecule has 0 spiro atoms. The summed E-state index contributed by atoms with van der Waals surface area (Å²) in [6, 6.07) is 12.0. The normalized spacial score (nSPS) is 13.2. The Bertz CT molecular complexity index is 1000. The van der Waals surface area contributed by atoms with E-state index in [4.69, 9.17) is 4.74 Å². The van der Waals surface area contributed by atoms with Gasteiger partial charge in [0.15, 0.2) is 6.61 Å². The van der Waals surface area contributed by atoms with Crippen molar-refractivity contribution in [3.05, 3.63) is 59.2 Å². The molecule has 0 unspecified atom stereocenters. The average Bonchev–Trinajstić information content (AvgIpc) is 3.03. The molecule has 1 heterocycles. The largest absolute Gasteiger partial charge is 0.452 e. The van der Waals surface area contributed by atoms with Crippen LogP contribution in [0.1, 0.15) is 21.5 Å². The molecule has 1 amide bonds. The molecule has 3 rings (SSSR count). The van der Waals surface area contributed by atoms with E-state index >= 15 is 0 Å². The van der Waals surface area contributed by atoms with Crippen molar-refractivity contribution in [1.29, 1.82) is 0 Å². The Morgan fingerprint density at radius 3 is 2.67 bits per heavy atom. The van der Waals surface area contributed by atoms with E-state index in [9.17, 15) is 18.0 Å². The molecule has 1 N–H and O–H groups in total. The van der Waals surface area contributed by atoms with E-state index in [2.05, 4.69) is 5.32 Å². The molecule has 1 aliphatic heterocycles. The third-order valence-corrected chi connectivity index (χ3v) is 5.38. The van der Waals surface area contributed by atoms with Gasteiger partial charge in [-0.05, 0) is 54.8 Å². The van der Waals surface area contributed by atoms with Crippen molar-refractivity contribution in [3.63, 3.8) is 0 Å². The summed E-state index contributed by atoms with van der Waals surface area (Å²) >= 11 is 0. The lowest BCUT2D eigenvalue weighted by atomic mass is 10.1. The molecule has 0 radical (unpaired) electrons. The molecule has 0 atom stereocenters. The number of carbonyl (C=O) groups is 2. The summed E-state index contributed by atoms with van der Waals surface area (Å²) in [6.45, 7) is 1.86. The highest BCUT2D eigenvalue weighted by Gasteiger charge is 2.27.